The molecule has 33 nitrogen and oxygen atoms in total. The van der Waals surface area contributed by atoms with Crippen molar-refractivity contribution < 1.29 is 101 Å². The van der Waals surface area contributed by atoms with Gasteiger partial charge in [0.15, 0.2) is 0 Å². The minimum atomic E-state index is -2.67. The number of methoxy groups -OCH3 is 1. The zero-order chi connectivity index (χ0) is 81.3. The molecule has 6 aromatic rings. The number of aliphatic carboxylic acids is 2. The van der Waals surface area contributed by atoms with Gasteiger partial charge >= 0.3 is 11.9 Å². The highest BCUT2D eigenvalue weighted by Crippen LogP contribution is 2.29. The van der Waals surface area contributed by atoms with Crippen molar-refractivity contribution in [2.45, 2.75) is 172 Å². The zero-order valence-corrected chi connectivity index (χ0v) is 61.6. The predicted octanol–water partition coefficient (Wildman–Crippen LogP) is -0.185. The van der Waals surface area contributed by atoms with Gasteiger partial charge in [-0.15, -0.1) is 0 Å². The molecule has 35 heteroatoms. The number of nitrogens with zero attached hydrogens (tertiary/aromatic N) is 2. The molecule has 0 aliphatic carbocycles. The number of benzene rings is 4. The van der Waals surface area contributed by atoms with Crippen molar-refractivity contribution in [2.24, 2.45) is 5.73 Å². The number of primary amides is 1. The van der Waals surface area contributed by atoms with E-state index < -0.39 is 199 Å². The van der Waals surface area contributed by atoms with Crippen LogP contribution in [0.1, 0.15) is 101 Å². The van der Waals surface area contributed by atoms with Gasteiger partial charge in [0.25, 0.3) is 0 Å². The Hall–Kier alpha value is -12.1. The fourth-order valence-corrected chi connectivity index (χ4v) is 11.4. The molecule has 0 aliphatic rings. The fraction of sp³-hybridized carbons (Fsp3) is 0.400. The first-order valence-electron chi connectivity index (χ1n) is 34.9. The number of nitrogens with two attached hydrogens (primary N) is 1. The number of hydrogen-bond acceptors (Lipinski definition) is 19. The van der Waals surface area contributed by atoms with Crippen molar-refractivity contribution in [1.29, 1.82) is 0 Å². The number of aromatic nitrogens is 3. The number of carboxylic acids is 2. The predicted molar refractivity (Wildman–Crippen MR) is 391 cm³/mol. The lowest BCUT2D eigenvalue weighted by Crippen LogP contribution is -2.67. The second kappa shape index (κ2) is 40.2. The molecule has 18 N–H and O–H groups in total. The number of H-pyrrole nitrogens is 1. The van der Waals surface area contributed by atoms with Gasteiger partial charge in [-0.1, -0.05) is 73.7 Å². The van der Waals surface area contributed by atoms with E-state index in [0.29, 0.717) is 34.7 Å². The number of aromatic amines is 1. The number of pyridine rings is 1. The number of aliphatic hydroxyl groups is 3. The van der Waals surface area contributed by atoms with Crippen LogP contribution in [0.15, 0.2) is 116 Å². The number of aryl methyl sites for hydroxylation is 3. The maximum atomic E-state index is 15.5. The molecule has 0 aliphatic heterocycles. The first kappa shape index (κ1) is 86.8. The van der Waals surface area contributed by atoms with Crippen LogP contribution in [0.4, 0.5) is 8.78 Å². The van der Waals surface area contributed by atoms with E-state index >= 15 is 8.78 Å². The molecule has 11 amide bonds. The maximum Gasteiger partial charge on any atom is 0.305 e. The van der Waals surface area contributed by atoms with E-state index in [1.807, 2.05) is 50.2 Å². The monoisotopic (exact) mass is 1530 g/mol. The highest BCUT2D eigenvalue weighted by Gasteiger charge is 2.43. The second-order valence-corrected chi connectivity index (χ2v) is 26.9. The smallest absolute Gasteiger partial charge is 0.305 e. The van der Waals surface area contributed by atoms with Crippen molar-refractivity contribution in [3.05, 3.63) is 161 Å². The van der Waals surface area contributed by atoms with Gasteiger partial charge in [-0.2, -0.15) is 0 Å². The number of rotatable bonds is 41. The second-order valence-electron chi connectivity index (χ2n) is 26.9. The van der Waals surface area contributed by atoms with Crippen LogP contribution in [0, 0.1) is 18.6 Å². The number of halogens is 2. The summed E-state index contributed by atoms with van der Waals surface area (Å²) in [5, 5.41) is 74.7. The largest absolute Gasteiger partial charge is 0.497 e. The molecule has 0 saturated heterocycles. The van der Waals surface area contributed by atoms with Crippen LogP contribution >= 0.6 is 0 Å². The number of carbonyl (C=O) groups is 13. The third-order valence-corrected chi connectivity index (χ3v) is 17.7. The van der Waals surface area contributed by atoms with Crippen molar-refractivity contribution in [3.8, 4) is 28.1 Å². The molecular weight excluding hydrogens is 1440 g/mol. The Morgan fingerprint density at radius 2 is 1.22 bits per heavy atom. The minimum Gasteiger partial charge on any atom is -0.497 e. The van der Waals surface area contributed by atoms with Crippen LogP contribution in [-0.4, -0.2) is 203 Å². The number of amides is 11. The summed E-state index contributed by atoms with van der Waals surface area (Å²) in [6, 6.07) is 12.5. The summed E-state index contributed by atoms with van der Waals surface area (Å²) in [6.07, 6.45) is -2.72. The molecule has 2 aromatic heterocycles. The van der Waals surface area contributed by atoms with Gasteiger partial charge in [0.2, 0.25) is 65.0 Å². The average Bonchev–Trinajstić information content (AvgIpc) is 1.33. The van der Waals surface area contributed by atoms with Gasteiger partial charge in [-0.3, -0.25) is 67.3 Å². The van der Waals surface area contributed by atoms with Crippen LogP contribution in [0.2, 0.25) is 0 Å². The highest BCUT2D eigenvalue weighted by atomic mass is 19.1. The Morgan fingerprint density at radius 3 is 1.80 bits per heavy atom. The summed E-state index contributed by atoms with van der Waals surface area (Å²) < 4.78 is 36.4. The van der Waals surface area contributed by atoms with E-state index in [2.05, 4.69) is 68.1 Å². The summed E-state index contributed by atoms with van der Waals surface area (Å²) in [7, 11) is 1.54. The van der Waals surface area contributed by atoms with E-state index in [1.54, 1.807) is 42.5 Å². The molecule has 0 saturated carbocycles. The fourth-order valence-electron chi connectivity index (χ4n) is 11.4. The molecule has 2 heterocycles. The van der Waals surface area contributed by atoms with E-state index in [9.17, 15) is 87.9 Å². The molecule has 0 radical (unpaired) electrons. The van der Waals surface area contributed by atoms with Crippen molar-refractivity contribution in [3.63, 3.8) is 0 Å². The van der Waals surface area contributed by atoms with Gasteiger partial charge in [-0.25, -0.2) is 13.8 Å². The third kappa shape index (κ3) is 25.3. The average molecular weight is 1530 g/mol. The Balaban J connectivity index is 1.19. The number of nitrogens with one attached hydrogen (secondary N) is 11. The molecular formula is C75H92F2N14O19. The molecule has 0 unspecified atom stereocenters. The molecule has 110 heavy (non-hydrogen) atoms. The number of hydrogen-bond donors (Lipinski definition) is 17. The van der Waals surface area contributed by atoms with Gasteiger partial charge in [-0.05, 0) is 125 Å². The van der Waals surface area contributed by atoms with Crippen LogP contribution in [0.5, 0.6) is 5.75 Å². The molecule has 0 spiro atoms. The lowest BCUT2D eigenvalue weighted by molar-refractivity contribution is -0.142. The van der Waals surface area contributed by atoms with Crippen molar-refractivity contribution in [2.75, 3.05) is 20.3 Å². The first-order chi connectivity index (χ1) is 52.0. The van der Waals surface area contributed by atoms with E-state index in [0.717, 1.165) is 66.8 Å². The van der Waals surface area contributed by atoms with Gasteiger partial charge in [0.05, 0.1) is 50.9 Å². The first-order valence-corrected chi connectivity index (χ1v) is 34.9. The van der Waals surface area contributed by atoms with E-state index in [-0.39, 0.29) is 25.7 Å². The SMILES string of the molecule is CCc1cc(OC)ccc1-c1ccc(C[C@H](NC(=O)[C@H](CC(=O)O)NC(=O)[C@H](CO)NC(=O)[C@@H](NC(=O)[C@](C)(Cc2c(F)cccc2F)NC(=O)[C@@H](NC(=O)CNC(=O)[C@H](CCC(=O)O)NC(=O)C(C)(C)NC(=O)CCc2cnc[nH]2)[C@@H](C)O)[C@@H](C)O)C(=O)N[C@@H](Cc2ccc(-c3ccccc3C)nc2)C(N)=O)cc1. The van der Waals surface area contributed by atoms with Crippen molar-refractivity contribution >= 4 is 76.9 Å². The Labute approximate surface area is 630 Å². The Morgan fingerprint density at radius 1 is 0.609 bits per heavy atom. The summed E-state index contributed by atoms with van der Waals surface area (Å²) in [4.78, 5) is 188. The number of imidazole rings is 1. The van der Waals surface area contributed by atoms with E-state index in [4.69, 9.17) is 10.5 Å². The quantitative estimate of drug-likeness (QED) is 0.0237. The van der Waals surface area contributed by atoms with E-state index in [1.165, 1.54) is 39.7 Å². The molecule has 590 valence electrons. The van der Waals surface area contributed by atoms with Crippen LogP contribution in [0.25, 0.3) is 22.4 Å². The zero-order valence-electron chi connectivity index (χ0n) is 61.6. The van der Waals surface area contributed by atoms with Gasteiger partial charge < -0.3 is 94.2 Å². The van der Waals surface area contributed by atoms with Crippen LogP contribution in [-0.2, 0) is 94.4 Å². The van der Waals surface area contributed by atoms with Crippen molar-refractivity contribution in [1.82, 2.24) is 68.1 Å². The highest BCUT2D eigenvalue weighted by molar-refractivity contribution is 6.01. The maximum absolute atomic E-state index is 15.5. The standard InChI is InChI=1S/C75H92F2N14O19/c1-9-44-31-47(110-8)23-24-49(44)45-20-17-42(18-21-45)29-56(67(103)83-55(65(78)101)30-43-19-25-53(80-34-43)48-14-11-10-13-39(48)2)84-68(104)57(32-62(99)100)85-69(105)58(37-92)86-70(106)63(40(3)93)89-73(109)75(7,33-50-51(76)15-12-16-52(50)77)91-71(107)64(41(4)94)88-60(96)36-81-66(102)54(26-28-61(97)98)87-72(108)74(5,6)90-59(95)27-22-46-35-79-38-82-46/h10-21,23-25,31,34-35,38,40-41,54-58,63-64,92-94H,9,22,26-30,32-33,36-37H2,1-8H3,(H2,78,101)(H,79,82)(H,81,102)(H,83,103)(H,84,104)(H,85,105)(H,86,106)(H,87,108)(H,88,96)(H,89,109)(H,90,95)(H,91,107)(H,97,98)(H,99,100)/t40-,41-,54+,55+,56+,57+,58+,63+,64+,75+/m1/s1. The van der Waals surface area contributed by atoms with Crippen LogP contribution < -0.4 is 63.6 Å². The molecule has 4 aromatic carbocycles. The Bertz CT molecular complexity index is 4280. The summed E-state index contributed by atoms with van der Waals surface area (Å²) in [6.45, 7) is 6.95. The molecule has 10 atom stereocenters. The molecule has 0 fully saturated rings. The minimum absolute atomic E-state index is 0.0789. The number of ether oxygens (including phenoxy) is 1. The topological polar surface area (TPSA) is 520 Å². The summed E-state index contributed by atoms with van der Waals surface area (Å²) in [5.74, 6) is -18.0. The van der Waals surface area contributed by atoms with Gasteiger partial charge in [0, 0.05) is 61.3 Å². The summed E-state index contributed by atoms with van der Waals surface area (Å²) >= 11 is 0. The third-order valence-electron chi connectivity index (χ3n) is 17.7. The summed E-state index contributed by atoms with van der Waals surface area (Å²) in [5.41, 5.74) is 7.17. The van der Waals surface area contributed by atoms with Gasteiger partial charge in [0.1, 0.15) is 70.8 Å². The normalized spacial score (nSPS) is 14.2. The Kier molecular flexibility index (Phi) is 31.7. The lowest BCUT2D eigenvalue weighted by Gasteiger charge is -2.34. The molecule has 0 bridgehead atoms. The number of carboxylic acid groups (broad SMARTS) is 2. The lowest BCUT2D eigenvalue weighted by atomic mass is 9.89. The number of aliphatic hydroxyl groups excluding tert-OH is 3. The molecule has 6 rings (SSSR count). The number of carbonyl (C=O) groups excluding carboxylic acids is 11. The van der Waals surface area contributed by atoms with Crippen LogP contribution in [0.3, 0.4) is 0 Å².